The van der Waals surface area contributed by atoms with Gasteiger partial charge in [-0.1, -0.05) is 0 Å². The van der Waals surface area contributed by atoms with Gasteiger partial charge in [0, 0.05) is 0 Å². The maximum Gasteiger partial charge on any atom is 0.270 e. The molecule has 0 aromatic heterocycles. The third kappa shape index (κ3) is 3.48. The van der Waals surface area contributed by atoms with Crippen molar-refractivity contribution < 1.29 is 9.59 Å². The Kier molecular flexibility index (Phi) is 2.47. The second kappa shape index (κ2) is 2.70. The summed E-state index contributed by atoms with van der Waals surface area (Å²) in [6, 6.07) is 0. The van der Waals surface area contributed by atoms with Crippen molar-refractivity contribution in [2.75, 3.05) is 0 Å². The van der Waals surface area contributed by atoms with Gasteiger partial charge in [-0.3, -0.25) is 4.79 Å². The van der Waals surface area contributed by atoms with E-state index in [4.69, 9.17) is 4.79 Å². The van der Waals surface area contributed by atoms with Crippen LogP contribution in [0.2, 0.25) is 0 Å². The Bertz CT molecular complexity index is 104. The zero-order chi connectivity index (χ0) is 4.99. The van der Waals surface area contributed by atoms with Gasteiger partial charge in [0.25, 0.3) is 5.65 Å². The van der Waals surface area contributed by atoms with Crippen molar-refractivity contribution in [1.82, 2.24) is 0 Å². The highest BCUT2D eigenvalue weighted by Gasteiger charge is 1.75. The predicted molar refractivity (Wildman–Crippen MR) is 23.2 cm³/mol. The highest BCUT2D eigenvalue weighted by Crippen LogP contribution is 1.84. The number of carbonyl (C=O) groups is 1. The molecule has 1 unspecified atom stereocenters. The Hall–Kier alpha value is -0.520. The fourth-order valence-corrected chi connectivity index (χ4v) is 0.0977. The van der Waals surface area contributed by atoms with Crippen LogP contribution in [0.4, 0.5) is 4.79 Å². The Labute approximate surface area is 36.7 Å². The SMILES string of the molecule is O=C=NC(=O)P. The van der Waals surface area contributed by atoms with Crippen molar-refractivity contribution in [3.63, 3.8) is 0 Å². The molecule has 0 aromatic rings. The fraction of sp³-hybridized carbons (Fsp3) is 0. The third-order valence-corrected chi connectivity index (χ3v) is 0.285. The molecule has 0 rings (SSSR count). The van der Waals surface area contributed by atoms with Crippen LogP contribution in [0, 0.1) is 0 Å². The molecule has 4 heteroatoms. The van der Waals surface area contributed by atoms with Crippen molar-refractivity contribution in [2.45, 2.75) is 0 Å². The number of aliphatic imine (C=N–C) groups is 1. The molecule has 0 spiro atoms. The van der Waals surface area contributed by atoms with Crippen LogP contribution in [0.15, 0.2) is 4.99 Å². The molecule has 0 aliphatic heterocycles. The van der Waals surface area contributed by atoms with E-state index in [1.807, 2.05) is 0 Å². The van der Waals surface area contributed by atoms with E-state index in [1.165, 1.54) is 0 Å². The summed E-state index contributed by atoms with van der Waals surface area (Å²) in [5.74, 6) is 0. The molecule has 0 N–H and O–H groups in total. The van der Waals surface area contributed by atoms with Gasteiger partial charge in [-0.25, -0.2) is 4.79 Å². The molecule has 0 aliphatic rings. The van der Waals surface area contributed by atoms with Crippen molar-refractivity contribution >= 4 is 21.0 Å². The van der Waals surface area contributed by atoms with Gasteiger partial charge in [-0.2, -0.15) is 0 Å². The molecule has 0 heterocycles. The lowest BCUT2D eigenvalue weighted by atomic mass is 11.3. The smallest absolute Gasteiger partial charge is 0.267 e. The normalized spacial score (nSPS) is 6.17. The first-order chi connectivity index (χ1) is 2.77. The topological polar surface area (TPSA) is 46.5 Å². The molecule has 0 saturated heterocycles. The predicted octanol–water partition coefficient (Wildman–Crippen LogP) is 0.317. The van der Waals surface area contributed by atoms with Crippen molar-refractivity contribution in [3.8, 4) is 0 Å². The number of hydrogen-bond donors (Lipinski definition) is 0. The van der Waals surface area contributed by atoms with Crippen LogP contribution < -0.4 is 0 Å². The Balaban J connectivity index is 3.60. The number of rotatable bonds is 0. The summed E-state index contributed by atoms with van der Waals surface area (Å²) in [7, 11) is 1.71. The number of isocyanates is 1. The molecule has 0 aromatic carbocycles. The van der Waals surface area contributed by atoms with E-state index in [2.05, 4.69) is 4.99 Å². The second-order valence-electron chi connectivity index (χ2n) is 0.541. The minimum absolute atomic E-state index is 0.593. The lowest BCUT2D eigenvalue weighted by Gasteiger charge is -1.61. The zero-order valence-corrected chi connectivity index (χ0v) is 4.00. The molecule has 0 aliphatic carbocycles. The average molecular weight is 103 g/mol. The van der Waals surface area contributed by atoms with Gasteiger partial charge in [0.05, 0.1) is 0 Å². The molecule has 0 radical (unpaired) electrons. The Morgan fingerprint density at radius 1 is 1.83 bits per heavy atom. The lowest BCUT2D eigenvalue weighted by molar-refractivity contribution is 0.267. The van der Waals surface area contributed by atoms with Crippen molar-refractivity contribution in [1.29, 1.82) is 0 Å². The monoisotopic (exact) mass is 103 g/mol. The minimum atomic E-state index is -0.593. The summed E-state index contributed by atoms with van der Waals surface area (Å²) in [6.45, 7) is 0. The van der Waals surface area contributed by atoms with Crippen LogP contribution >= 0.6 is 9.24 Å². The maximum atomic E-state index is 9.58. The minimum Gasteiger partial charge on any atom is -0.267 e. The van der Waals surface area contributed by atoms with E-state index in [1.54, 1.807) is 9.24 Å². The number of hydrogen-bond acceptors (Lipinski definition) is 2. The van der Waals surface area contributed by atoms with Crippen LogP contribution in [0.25, 0.3) is 0 Å². The van der Waals surface area contributed by atoms with Crippen LogP contribution in [0.5, 0.6) is 0 Å². The largest absolute Gasteiger partial charge is 0.270 e. The van der Waals surface area contributed by atoms with Crippen molar-refractivity contribution in [3.05, 3.63) is 0 Å². The second-order valence-corrected chi connectivity index (χ2v) is 1.04. The first kappa shape index (κ1) is 5.48. The summed E-state index contributed by atoms with van der Waals surface area (Å²) in [6.07, 6.45) is 1.07. The molecule has 1 amide bonds. The van der Waals surface area contributed by atoms with E-state index in [-0.39, 0.29) is 0 Å². The average Bonchev–Trinajstić information content (AvgIpc) is 1.35. The zero-order valence-electron chi connectivity index (χ0n) is 2.84. The first-order valence-corrected chi connectivity index (χ1v) is 1.72. The Morgan fingerprint density at radius 2 is 2.33 bits per heavy atom. The van der Waals surface area contributed by atoms with Gasteiger partial charge in [0.1, 0.15) is 0 Å². The molecule has 3 nitrogen and oxygen atoms in total. The molecule has 1 atom stereocenters. The molecular formula is C2H2NO2P. The quantitative estimate of drug-likeness (QED) is 0.252. The van der Waals surface area contributed by atoms with Gasteiger partial charge >= 0.3 is 0 Å². The summed E-state index contributed by atoms with van der Waals surface area (Å²) in [5, 5.41) is 0. The summed E-state index contributed by atoms with van der Waals surface area (Å²) in [5.41, 5.74) is -0.593. The van der Waals surface area contributed by atoms with Gasteiger partial charge in [-0.15, -0.1) is 4.99 Å². The molecule has 32 valence electrons. The number of carbonyl (C=O) groups excluding carboxylic acids is 2. The lowest BCUT2D eigenvalue weighted by Crippen LogP contribution is -1.65. The molecular weight excluding hydrogens is 101 g/mol. The van der Waals surface area contributed by atoms with Gasteiger partial charge < -0.3 is 0 Å². The van der Waals surface area contributed by atoms with E-state index in [0.717, 1.165) is 6.08 Å². The van der Waals surface area contributed by atoms with Crippen LogP contribution in [0.3, 0.4) is 0 Å². The first-order valence-electron chi connectivity index (χ1n) is 1.14. The number of amides is 1. The molecule has 0 saturated carbocycles. The highest BCUT2D eigenvalue weighted by molar-refractivity contribution is 7.40. The fourth-order valence-electron chi connectivity index (χ4n) is 0.0450. The summed E-state index contributed by atoms with van der Waals surface area (Å²) < 4.78 is 0. The summed E-state index contributed by atoms with van der Waals surface area (Å²) >= 11 is 0. The third-order valence-electron chi connectivity index (χ3n) is 0.156. The summed E-state index contributed by atoms with van der Waals surface area (Å²) in [4.78, 5) is 21.3. The van der Waals surface area contributed by atoms with Crippen LogP contribution in [-0.2, 0) is 4.79 Å². The van der Waals surface area contributed by atoms with E-state index in [9.17, 15) is 4.79 Å². The van der Waals surface area contributed by atoms with Crippen LogP contribution in [0.1, 0.15) is 0 Å². The maximum absolute atomic E-state index is 9.58. The van der Waals surface area contributed by atoms with Gasteiger partial charge in [-0.05, 0) is 9.24 Å². The van der Waals surface area contributed by atoms with E-state index < -0.39 is 5.65 Å². The Morgan fingerprint density at radius 3 is 2.33 bits per heavy atom. The standard InChI is InChI=1S/C2H2NO2P/c4-1-3-2(5)6/h6H2. The van der Waals surface area contributed by atoms with Crippen LogP contribution in [-0.4, -0.2) is 11.7 Å². The van der Waals surface area contributed by atoms with E-state index in [0.29, 0.717) is 0 Å². The van der Waals surface area contributed by atoms with Gasteiger partial charge in [0.2, 0.25) is 6.08 Å². The molecule has 6 heavy (non-hydrogen) atoms. The van der Waals surface area contributed by atoms with Crippen molar-refractivity contribution in [2.24, 2.45) is 4.99 Å². The van der Waals surface area contributed by atoms with E-state index >= 15 is 0 Å². The number of nitrogens with zero attached hydrogens (tertiary/aromatic N) is 1. The highest BCUT2D eigenvalue weighted by atomic mass is 31.0. The molecule has 0 fully saturated rings. The van der Waals surface area contributed by atoms with Gasteiger partial charge in [0.15, 0.2) is 0 Å². The molecule has 0 bridgehead atoms.